The van der Waals surface area contributed by atoms with E-state index in [9.17, 15) is 9.59 Å². The van der Waals surface area contributed by atoms with Gasteiger partial charge in [0.15, 0.2) is 0 Å². The highest BCUT2D eigenvalue weighted by Gasteiger charge is 2.16. The van der Waals surface area contributed by atoms with Gasteiger partial charge < -0.3 is 24.5 Å². The monoisotopic (exact) mass is 448 g/mol. The van der Waals surface area contributed by atoms with Crippen molar-refractivity contribution in [2.45, 2.75) is 20.3 Å². The van der Waals surface area contributed by atoms with Gasteiger partial charge in [0, 0.05) is 24.3 Å². The molecule has 1 heterocycles. The van der Waals surface area contributed by atoms with E-state index in [1.54, 1.807) is 44.6 Å². The third-order valence-electron chi connectivity index (χ3n) is 5.27. The second-order valence-electron chi connectivity index (χ2n) is 7.51. The van der Waals surface area contributed by atoms with E-state index in [4.69, 9.17) is 13.9 Å². The Balaban J connectivity index is 1.71. The molecule has 2 amide bonds. The van der Waals surface area contributed by atoms with Gasteiger partial charge in [-0.1, -0.05) is 12.1 Å². The molecule has 0 unspecified atom stereocenters. The lowest BCUT2D eigenvalue weighted by Crippen LogP contribution is -2.35. The number of methoxy groups -OCH3 is 2. The van der Waals surface area contributed by atoms with Crippen molar-refractivity contribution >= 4 is 17.9 Å². The Kier molecular flexibility index (Phi) is 7.91. The van der Waals surface area contributed by atoms with Crippen molar-refractivity contribution in [3.8, 4) is 11.5 Å². The Bertz CT molecular complexity index is 1150. The van der Waals surface area contributed by atoms with Crippen molar-refractivity contribution in [3.63, 3.8) is 0 Å². The second-order valence-corrected chi connectivity index (χ2v) is 7.51. The lowest BCUT2D eigenvalue weighted by atomic mass is 10.1. The summed E-state index contributed by atoms with van der Waals surface area (Å²) in [5.41, 5.74) is 3.57. The number of aryl methyl sites for hydroxylation is 2. The quantitative estimate of drug-likeness (QED) is 0.482. The molecule has 1 aromatic heterocycles. The molecule has 7 nitrogen and oxygen atoms in total. The summed E-state index contributed by atoms with van der Waals surface area (Å²) >= 11 is 0. The van der Waals surface area contributed by atoms with Crippen molar-refractivity contribution in [2.75, 3.05) is 20.8 Å². The van der Waals surface area contributed by atoms with Gasteiger partial charge in [0.05, 0.1) is 20.5 Å². The molecule has 172 valence electrons. The largest absolute Gasteiger partial charge is 0.497 e. The Morgan fingerprint density at radius 3 is 2.48 bits per heavy atom. The number of carbonyl (C=O) groups excluding carboxylic acids is 2. The van der Waals surface area contributed by atoms with Gasteiger partial charge in [-0.2, -0.15) is 0 Å². The zero-order chi connectivity index (χ0) is 23.8. The van der Waals surface area contributed by atoms with Gasteiger partial charge >= 0.3 is 0 Å². The van der Waals surface area contributed by atoms with Crippen molar-refractivity contribution < 1.29 is 23.5 Å². The van der Waals surface area contributed by atoms with E-state index in [1.807, 2.05) is 32.0 Å². The molecule has 0 radical (unpaired) electrons. The Hall–Kier alpha value is -4.00. The lowest BCUT2D eigenvalue weighted by Gasteiger charge is -2.13. The van der Waals surface area contributed by atoms with E-state index in [2.05, 4.69) is 10.6 Å². The fraction of sp³-hybridized carbons (Fsp3) is 0.231. The van der Waals surface area contributed by atoms with Gasteiger partial charge in [-0.05, 0) is 67.3 Å². The van der Waals surface area contributed by atoms with Gasteiger partial charge in [-0.25, -0.2) is 0 Å². The van der Waals surface area contributed by atoms with E-state index in [-0.39, 0.29) is 11.6 Å². The van der Waals surface area contributed by atoms with Gasteiger partial charge in [0.25, 0.3) is 11.8 Å². The molecule has 0 aliphatic rings. The topological polar surface area (TPSA) is 89.8 Å². The molecule has 0 saturated carbocycles. The number of carbonyl (C=O) groups is 2. The van der Waals surface area contributed by atoms with Crippen LogP contribution in [0.3, 0.4) is 0 Å². The Morgan fingerprint density at radius 1 is 1.00 bits per heavy atom. The summed E-state index contributed by atoms with van der Waals surface area (Å²) in [7, 11) is 3.18. The van der Waals surface area contributed by atoms with Gasteiger partial charge in [-0.15, -0.1) is 0 Å². The molecule has 2 aromatic carbocycles. The molecular formula is C26H28N2O5. The highest BCUT2D eigenvalue weighted by Crippen LogP contribution is 2.24. The van der Waals surface area contributed by atoms with Crippen molar-refractivity contribution in [2.24, 2.45) is 0 Å². The maximum Gasteiger partial charge on any atom is 0.267 e. The van der Waals surface area contributed by atoms with Crippen LogP contribution in [-0.2, 0) is 11.2 Å². The molecular weight excluding hydrogens is 420 g/mol. The number of hydrogen-bond acceptors (Lipinski definition) is 5. The smallest absolute Gasteiger partial charge is 0.267 e. The van der Waals surface area contributed by atoms with E-state index >= 15 is 0 Å². The molecule has 3 rings (SSSR count). The van der Waals surface area contributed by atoms with Crippen LogP contribution in [0.1, 0.15) is 32.8 Å². The molecule has 0 atom stereocenters. The number of benzene rings is 2. The van der Waals surface area contributed by atoms with Crippen molar-refractivity contribution in [1.82, 2.24) is 10.6 Å². The zero-order valence-electron chi connectivity index (χ0n) is 19.2. The van der Waals surface area contributed by atoms with Crippen LogP contribution < -0.4 is 20.1 Å². The molecule has 0 spiro atoms. The number of hydrogen-bond donors (Lipinski definition) is 2. The van der Waals surface area contributed by atoms with Crippen LogP contribution in [0.2, 0.25) is 0 Å². The van der Waals surface area contributed by atoms with E-state index in [0.29, 0.717) is 35.8 Å². The molecule has 0 fully saturated rings. The standard InChI is InChI=1S/C26H28N2O5/c1-17-7-8-20(14-18(17)2)25(29)28-23(15-22-6-5-13-33-22)26(30)27-12-11-19-9-10-21(31-3)16-24(19)32-4/h5-10,13-16H,11-12H2,1-4H3,(H,27,30)(H,28,29). The fourth-order valence-electron chi connectivity index (χ4n) is 3.22. The highest BCUT2D eigenvalue weighted by atomic mass is 16.5. The van der Waals surface area contributed by atoms with E-state index in [0.717, 1.165) is 16.7 Å². The molecule has 2 N–H and O–H groups in total. The molecule has 7 heteroatoms. The van der Waals surface area contributed by atoms with Crippen molar-refractivity contribution in [1.29, 1.82) is 0 Å². The Morgan fingerprint density at radius 2 is 1.82 bits per heavy atom. The number of rotatable bonds is 9. The van der Waals surface area contributed by atoms with E-state index in [1.165, 1.54) is 12.3 Å². The van der Waals surface area contributed by atoms with Crippen LogP contribution in [0, 0.1) is 13.8 Å². The number of ether oxygens (including phenoxy) is 2. The summed E-state index contributed by atoms with van der Waals surface area (Å²) in [6, 6.07) is 14.3. The first-order chi connectivity index (χ1) is 15.9. The first-order valence-corrected chi connectivity index (χ1v) is 10.5. The first kappa shape index (κ1) is 23.7. The summed E-state index contributed by atoms with van der Waals surface area (Å²) in [5, 5.41) is 5.56. The van der Waals surface area contributed by atoms with Crippen LogP contribution >= 0.6 is 0 Å². The second kappa shape index (κ2) is 11.0. The lowest BCUT2D eigenvalue weighted by molar-refractivity contribution is -0.117. The van der Waals surface area contributed by atoms with Gasteiger partial charge in [0.2, 0.25) is 0 Å². The Labute approximate surface area is 193 Å². The maximum absolute atomic E-state index is 12.9. The summed E-state index contributed by atoms with van der Waals surface area (Å²) in [5.74, 6) is 1.03. The zero-order valence-corrected chi connectivity index (χ0v) is 19.2. The molecule has 0 aliphatic heterocycles. The SMILES string of the molecule is COc1ccc(CCNC(=O)C(=Cc2ccco2)NC(=O)c2ccc(C)c(C)c2)c(OC)c1. The highest BCUT2D eigenvalue weighted by molar-refractivity contribution is 6.05. The van der Waals surface area contributed by atoms with Crippen LogP contribution in [0.5, 0.6) is 11.5 Å². The molecule has 0 bridgehead atoms. The predicted octanol–water partition coefficient (Wildman–Crippen LogP) is 4.04. The number of nitrogens with one attached hydrogen (secondary N) is 2. The number of amides is 2. The average molecular weight is 449 g/mol. The average Bonchev–Trinajstić information content (AvgIpc) is 3.33. The summed E-state index contributed by atoms with van der Waals surface area (Å²) in [4.78, 5) is 25.7. The minimum atomic E-state index is -0.420. The van der Waals surface area contributed by atoms with Crippen molar-refractivity contribution in [3.05, 3.63) is 88.5 Å². The van der Waals surface area contributed by atoms with Gasteiger partial charge in [-0.3, -0.25) is 9.59 Å². The van der Waals surface area contributed by atoms with Crippen LogP contribution in [0.15, 0.2) is 64.9 Å². The van der Waals surface area contributed by atoms with Gasteiger partial charge in [0.1, 0.15) is 23.0 Å². The minimum absolute atomic E-state index is 0.0925. The summed E-state index contributed by atoms with van der Waals surface area (Å²) in [6.45, 7) is 4.26. The molecule has 0 saturated heterocycles. The van der Waals surface area contributed by atoms with E-state index < -0.39 is 5.91 Å². The first-order valence-electron chi connectivity index (χ1n) is 10.5. The predicted molar refractivity (Wildman–Crippen MR) is 126 cm³/mol. The van der Waals surface area contributed by atoms with Crippen LogP contribution in [0.4, 0.5) is 0 Å². The third kappa shape index (κ3) is 6.26. The maximum atomic E-state index is 12.9. The summed E-state index contributed by atoms with van der Waals surface area (Å²) in [6.07, 6.45) is 3.54. The third-order valence-corrected chi connectivity index (χ3v) is 5.27. The molecule has 3 aromatic rings. The minimum Gasteiger partial charge on any atom is -0.497 e. The molecule has 0 aliphatic carbocycles. The summed E-state index contributed by atoms with van der Waals surface area (Å²) < 4.78 is 16.0. The van der Waals surface area contributed by atoms with Crippen LogP contribution in [0.25, 0.3) is 6.08 Å². The van der Waals surface area contributed by atoms with Crippen LogP contribution in [-0.4, -0.2) is 32.6 Å². The number of furan rings is 1. The normalized spacial score (nSPS) is 11.1. The fourth-order valence-corrected chi connectivity index (χ4v) is 3.22. The molecule has 33 heavy (non-hydrogen) atoms.